The molecule has 16 heavy (non-hydrogen) atoms. The van der Waals surface area contributed by atoms with Gasteiger partial charge in [0.15, 0.2) is 11.6 Å². The van der Waals surface area contributed by atoms with Crippen LogP contribution in [0, 0.1) is 5.82 Å². The summed E-state index contributed by atoms with van der Waals surface area (Å²) in [6.07, 6.45) is 1.07. The number of nitrogens with one attached hydrogen (secondary N) is 1. The van der Waals surface area contributed by atoms with Crippen molar-refractivity contribution in [3.8, 4) is 0 Å². The van der Waals surface area contributed by atoms with Gasteiger partial charge >= 0.3 is 0 Å². The number of likely N-dealkylation sites (N-methyl/N-ethyl adjacent to an activating group) is 1. The Morgan fingerprint density at radius 3 is 2.88 bits per heavy atom. The van der Waals surface area contributed by atoms with Gasteiger partial charge in [0, 0.05) is 19.1 Å². The van der Waals surface area contributed by atoms with Gasteiger partial charge in [-0.15, -0.1) is 0 Å². The molecule has 0 bridgehead atoms. The fourth-order valence-electron chi connectivity index (χ4n) is 1.11. The Labute approximate surface area is 94.9 Å². The zero-order chi connectivity index (χ0) is 12.1. The summed E-state index contributed by atoms with van der Waals surface area (Å²) >= 11 is 0. The van der Waals surface area contributed by atoms with Crippen LogP contribution in [0.25, 0.3) is 0 Å². The van der Waals surface area contributed by atoms with E-state index in [0.29, 0.717) is 12.6 Å². The van der Waals surface area contributed by atoms with E-state index >= 15 is 0 Å². The molecular formula is C10H18FN5. The van der Waals surface area contributed by atoms with Crippen molar-refractivity contribution in [3.63, 3.8) is 0 Å². The largest absolute Gasteiger partial charge is 0.368 e. The highest BCUT2D eigenvalue weighted by Crippen LogP contribution is 2.09. The van der Waals surface area contributed by atoms with Crippen LogP contribution in [-0.2, 0) is 0 Å². The van der Waals surface area contributed by atoms with E-state index in [0.717, 1.165) is 12.7 Å². The van der Waals surface area contributed by atoms with Crippen LogP contribution >= 0.6 is 0 Å². The first kappa shape index (κ1) is 12.6. The second-order valence-electron chi connectivity index (χ2n) is 3.93. The summed E-state index contributed by atoms with van der Waals surface area (Å²) in [5.74, 6) is -0.257. The molecule has 90 valence electrons. The Bertz CT molecular complexity index is 342. The fraction of sp³-hybridized carbons (Fsp3) is 0.600. The van der Waals surface area contributed by atoms with E-state index in [-0.39, 0.29) is 11.8 Å². The van der Waals surface area contributed by atoms with Crippen LogP contribution < -0.4 is 11.1 Å². The van der Waals surface area contributed by atoms with Gasteiger partial charge in [-0.25, -0.2) is 9.37 Å². The Morgan fingerprint density at radius 2 is 2.25 bits per heavy atom. The molecule has 1 aromatic heterocycles. The third-order valence-electron chi connectivity index (χ3n) is 2.40. The smallest absolute Gasteiger partial charge is 0.222 e. The number of anilines is 2. The summed E-state index contributed by atoms with van der Waals surface area (Å²) in [6.45, 7) is 5.62. The zero-order valence-corrected chi connectivity index (χ0v) is 9.87. The monoisotopic (exact) mass is 227 g/mol. The second-order valence-corrected chi connectivity index (χ2v) is 3.93. The maximum Gasteiger partial charge on any atom is 0.222 e. The van der Waals surface area contributed by atoms with Crippen LogP contribution in [0.3, 0.4) is 0 Å². The first-order chi connectivity index (χ1) is 7.50. The van der Waals surface area contributed by atoms with E-state index in [1.54, 1.807) is 0 Å². The molecule has 0 saturated heterocycles. The predicted octanol–water partition coefficient (Wildman–Crippen LogP) is 0.950. The minimum absolute atomic E-state index is 0.0705. The van der Waals surface area contributed by atoms with E-state index in [1.165, 1.54) is 0 Å². The molecule has 0 aliphatic heterocycles. The maximum atomic E-state index is 13.2. The standard InChI is InChI=1S/C10H18FN5/c1-7(2)16(3)5-4-13-9-8(11)6-14-10(12)15-9/h6-7H,4-5H2,1-3H3,(H3,12,13,14,15). The van der Waals surface area contributed by atoms with E-state index in [1.807, 2.05) is 7.05 Å². The third kappa shape index (κ3) is 3.62. The molecule has 0 aliphatic rings. The molecule has 0 radical (unpaired) electrons. The number of nitrogens with two attached hydrogens (primary N) is 1. The molecule has 0 fully saturated rings. The highest BCUT2D eigenvalue weighted by Gasteiger charge is 2.06. The lowest BCUT2D eigenvalue weighted by Gasteiger charge is -2.21. The molecule has 3 N–H and O–H groups in total. The minimum atomic E-state index is -0.485. The summed E-state index contributed by atoms with van der Waals surface area (Å²) in [5.41, 5.74) is 5.37. The second kappa shape index (κ2) is 5.60. The highest BCUT2D eigenvalue weighted by molar-refractivity contribution is 5.38. The quantitative estimate of drug-likeness (QED) is 0.784. The first-order valence-corrected chi connectivity index (χ1v) is 5.23. The van der Waals surface area contributed by atoms with Crippen molar-refractivity contribution in [2.45, 2.75) is 19.9 Å². The number of hydrogen-bond acceptors (Lipinski definition) is 5. The molecular weight excluding hydrogens is 209 g/mol. The van der Waals surface area contributed by atoms with Crippen LogP contribution in [0.2, 0.25) is 0 Å². The normalized spacial score (nSPS) is 11.1. The average Bonchev–Trinajstić information content (AvgIpc) is 2.22. The van der Waals surface area contributed by atoms with Crippen molar-refractivity contribution in [1.82, 2.24) is 14.9 Å². The molecule has 0 aliphatic carbocycles. The van der Waals surface area contributed by atoms with Crippen molar-refractivity contribution >= 4 is 11.8 Å². The molecule has 0 unspecified atom stereocenters. The van der Waals surface area contributed by atoms with Crippen molar-refractivity contribution < 1.29 is 4.39 Å². The van der Waals surface area contributed by atoms with Crippen LogP contribution in [0.15, 0.2) is 6.20 Å². The van der Waals surface area contributed by atoms with Crippen LogP contribution in [-0.4, -0.2) is 41.0 Å². The number of aromatic nitrogens is 2. The highest BCUT2D eigenvalue weighted by atomic mass is 19.1. The molecule has 5 nitrogen and oxygen atoms in total. The van der Waals surface area contributed by atoms with Gasteiger partial charge in [-0.3, -0.25) is 0 Å². The Kier molecular flexibility index (Phi) is 4.42. The SMILES string of the molecule is CC(C)N(C)CCNc1nc(N)ncc1F. The topological polar surface area (TPSA) is 67.1 Å². The van der Waals surface area contributed by atoms with E-state index in [4.69, 9.17) is 5.73 Å². The molecule has 0 atom stereocenters. The van der Waals surface area contributed by atoms with E-state index < -0.39 is 5.82 Å². The molecule has 1 heterocycles. The molecule has 1 aromatic rings. The van der Waals surface area contributed by atoms with Crippen molar-refractivity contribution in [2.75, 3.05) is 31.2 Å². The lowest BCUT2D eigenvalue weighted by Crippen LogP contribution is -2.31. The predicted molar refractivity (Wildman–Crippen MR) is 62.7 cm³/mol. The Morgan fingerprint density at radius 1 is 1.56 bits per heavy atom. The Balaban J connectivity index is 2.45. The van der Waals surface area contributed by atoms with Gasteiger partial charge in [0.1, 0.15) is 0 Å². The lowest BCUT2D eigenvalue weighted by molar-refractivity contribution is 0.284. The number of nitrogens with zero attached hydrogens (tertiary/aromatic N) is 3. The summed E-state index contributed by atoms with van der Waals surface area (Å²) in [6, 6.07) is 0.460. The van der Waals surface area contributed by atoms with E-state index in [2.05, 4.69) is 34.0 Å². The van der Waals surface area contributed by atoms with Gasteiger partial charge < -0.3 is 16.0 Å². The van der Waals surface area contributed by atoms with Gasteiger partial charge in [-0.05, 0) is 20.9 Å². The van der Waals surface area contributed by atoms with Crippen molar-refractivity contribution in [1.29, 1.82) is 0 Å². The van der Waals surface area contributed by atoms with Crippen LogP contribution in [0.1, 0.15) is 13.8 Å². The summed E-state index contributed by atoms with van der Waals surface area (Å²) < 4.78 is 13.2. The van der Waals surface area contributed by atoms with Gasteiger partial charge in [-0.1, -0.05) is 0 Å². The fourth-order valence-corrected chi connectivity index (χ4v) is 1.11. The van der Waals surface area contributed by atoms with Gasteiger partial charge in [0.25, 0.3) is 0 Å². The number of rotatable bonds is 5. The van der Waals surface area contributed by atoms with Crippen LogP contribution in [0.5, 0.6) is 0 Å². The summed E-state index contributed by atoms with van der Waals surface area (Å²) in [5, 5.41) is 2.89. The number of halogens is 1. The third-order valence-corrected chi connectivity index (χ3v) is 2.40. The van der Waals surface area contributed by atoms with Gasteiger partial charge in [0.05, 0.1) is 6.20 Å². The van der Waals surface area contributed by atoms with Crippen LogP contribution in [0.4, 0.5) is 16.2 Å². The van der Waals surface area contributed by atoms with E-state index in [9.17, 15) is 4.39 Å². The number of nitrogen functional groups attached to an aromatic ring is 1. The first-order valence-electron chi connectivity index (χ1n) is 5.23. The molecule has 1 rings (SSSR count). The van der Waals surface area contributed by atoms with Gasteiger partial charge in [0.2, 0.25) is 5.95 Å². The molecule has 0 amide bonds. The molecule has 6 heteroatoms. The zero-order valence-electron chi connectivity index (χ0n) is 9.87. The van der Waals surface area contributed by atoms with Gasteiger partial charge in [-0.2, -0.15) is 4.98 Å². The number of hydrogen-bond donors (Lipinski definition) is 2. The maximum absolute atomic E-state index is 13.2. The summed E-state index contributed by atoms with van der Waals surface area (Å²) in [7, 11) is 2.01. The van der Waals surface area contributed by atoms with Crippen molar-refractivity contribution in [2.24, 2.45) is 0 Å². The van der Waals surface area contributed by atoms with Crippen molar-refractivity contribution in [3.05, 3.63) is 12.0 Å². The minimum Gasteiger partial charge on any atom is -0.368 e. The molecule has 0 saturated carbocycles. The molecule has 0 spiro atoms. The Hall–Kier alpha value is -1.43. The lowest BCUT2D eigenvalue weighted by atomic mass is 10.3. The average molecular weight is 227 g/mol. The summed E-state index contributed by atoms with van der Waals surface area (Å²) in [4.78, 5) is 9.48. The molecule has 0 aromatic carbocycles.